The summed E-state index contributed by atoms with van der Waals surface area (Å²) in [5.74, 6) is 0.199. The van der Waals surface area contributed by atoms with Crippen molar-refractivity contribution >= 4 is 29.1 Å². The van der Waals surface area contributed by atoms with Gasteiger partial charge in [-0.1, -0.05) is 60.8 Å². The zero-order valence-electron chi connectivity index (χ0n) is 15.5. The lowest BCUT2D eigenvalue weighted by molar-refractivity contribution is -0.130. The minimum atomic E-state index is -0.360. The van der Waals surface area contributed by atoms with Crippen LogP contribution in [-0.4, -0.2) is 28.5 Å². The SMILES string of the molecule is CCCCN1C(=O)C2NNC(c3ccccc3O)C2C1c1ccc(Cl)c(Cl)c1. The Labute approximate surface area is 174 Å². The third-order valence-corrected chi connectivity index (χ3v) is 6.46. The second-order valence-corrected chi connectivity index (χ2v) is 8.20. The van der Waals surface area contributed by atoms with Crippen molar-refractivity contribution in [2.45, 2.75) is 37.9 Å². The monoisotopic (exact) mass is 419 g/mol. The van der Waals surface area contributed by atoms with E-state index in [4.69, 9.17) is 23.2 Å². The highest BCUT2D eigenvalue weighted by Crippen LogP contribution is 2.49. The molecule has 2 fully saturated rings. The highest BCUT2D eigenvalue weighted by Gasteiger charge is 2.55. The van der Waals surface area contributed by atoms with Gasteiger partial charge in [0, 0.05) is 18.0 Å². The molecule has 2 aromatic rings. The van der Waals surface area contributed by atoms with Crippen LogP contribution in [0.15, 0.2) is 42.5 Å². The average Bonchev–Trinajstić information content (AvgIpc) is 3.22. The number of nitrogens with zero attached hydrogens (tertiary/aromatic N) is 1. The Balaban J connectivity index is 1.78. The molecule has 0 aromatic heterocycles. The minimum Gasteiger partial charge on any atom is -0.508 e. The van der Waals surface area contributed by atoms with E-state index in [0.29, 0.717) is 16.6 Å². The van der Waals surface area contributed by atoms with Crippen molar-refractivity contribution in [3.63, 3.8) is 0 Å². The van der Waals surface area contributed by atoms with E-state index >= 15 is 0 Å². The number of hydrogen-bond donors (Lipinski definition) is 3. The molecule has 4 unspecified atom stereocenters. The maximum atomic E-state index is 13.2. The molecule has 28 heavy (non-hydrogen) atoms. The van der Waals surface area contributed by atoms with Crippen LogP contribution in [0.1, 0.15) is 43.0 Å². The third kappa shape index (κ3) is 3.26. The summed E-state index contributed by atoms with van der Waals surface area (Å²) >= 11 is 12.4. The van der Waals surface area contributed by atoms with Gasteiger partial charge in [-0.15, -0.1) is 0 Å². The summed E-state index contributed by atoms with van der Waals surface area (Å²) in [7, 11) is 0. The molecule has 0 bridgehead atoms. The average molecular weight is 420 g/mol. The fraction of sp³-hybridized carbons (Fsp3) is 0.381. The van der Waals surface area contributed by atoms with Gasteiger partial charge in [-0.3, -0.25) is 4.79 Å². The zero-order valence-corrected chi connectivity index (χ0v) is 17.0. The Bertz CT molecular complexity index is 892. The fourth-order valence-electron chi connectivity index (χ4n) is 4.39. The highest BCUT2D eigenvalue weighted by atomic mass is 35.5. The van der Waals surface area contributed by atoms with Crippen LogP contribution in [0.2, 0.25) is 10.0 Å². The fourth-order valence-corrected chi connectivity index (χ4v) is 4.70. The number of fused-ring (bicyclic) bond motifs is 1. The van der Waals surface area contributed by atoms with Gasteiger partial charge >= 0.3 is 0 Å². The molecule has 2 aromatic carbocycles. The van der Waals surface area contributed by atoms with Crippen LogP contribution in [-0.2, 0) is 4.79 Å². The lowest BCUT2D eigenvalue weighted by Crippen LogP contribution is -2.41. The molecule has 0 aliphatic carbocycles. The first-order valence-electron chi connectivity index (χ1n) is 9.57. The molecule has 2 aliphatic heterocycles. The minimum absolute atomic E-state index is 0.0694. The normalized spacial score (nSPS) is 26.7. The van der Waals surface area contributed by atoms with E-state index in [0.717, 1.165) is 24.0 Å². The molecule has 5 nitrogen and oxygen atoms in total. The van der Waals surface area contributed by atoms with Crippen molar-refractivity contribution in [2.75, 3.05) is 6.54 Å². The summed E-state index contributed by atoms with van der Waals surface area (Å²) in [4.78, 5) is 15.1. The number of rotatable bonds is 5. The number of phenols is 1. The molecule has 0 spiro atoms. The van der Waals surface area contributed by atoms with Crippen molar-refractivity contribution in [1.29, 1.82) is 0 Å². The van der Waals surface area contributed by atoms with Gasteiger partial charge in [0.1, 0.15) is 11.8 Å². The van der Waals surface area contributed by atoms with E-state index in [1.807, 2.05) is 29.2 Å². The first kappa shape index (κ1) is 19.5. The van der Waals surface area contributed by atoms with E-state index in [9.17, 15) is 9.90 Å². The van der Waals surface area contributed by atoms with Crippen molar-refractivity contribution in [3.8, 4) is 5.75 Å². The highest BCUT2D eigenvalue weighted by molar-refractivity contribution is 6.42. The molecule has 4 atom stereocenters. The number of halogens is 2. The first-order chi connectivity index (χ1) is 13.5. The van der Waals surface area contributed by atoms with Crippen molar-refractivity contribution in [1.82, 2.24) is 15.8 Å². The van der Waals surface area contributed by atoms with E-state index in [1.54, 1.807) is 18.2 Å². The van der Waals surface area contributed by atoms with Gasteiger partial charge in [-0.05, 0) is 30.2 Å². The van der Waals surface area contributed by atoms with Crippen LogP contribution in [0.25, 0.3) is 0 Å². The van der Waals surface area contributed by atoms with Gasteiger partial charge in [0.05, 0.1) is 22.1 Å². The standard InChI is InChI=1S/C21H23Cl2N3O2/c1-2-3-10-26-20(12-8-9-14(22)15(23)11-12)17-18(24-25-19(17)21(26)28)13-6-4-5-7-16(13)27/h4-9,11,17-20,24-25,27H,2-3,10H2,1H3. The van der Waals surface area contributed by atoms with Gasteiger partial charge in [0.25, 0.3) is 0 Å². The zero-order chi connectivity index (χ0) is 19.8. The van der Waals surface area contributed by atoms with Crippen LogP contribution in [0.5, 0.6) is 5.75 Å². The Morgan fingerprint density at radius 1 is 1.07 bits per heavy atom. The number of hydrogen-bond acceptors (Lipinski definition) is 4. The summed E-state index contributed by atoms with van der Waals surface area (Å²) < 4.78 is 0. The lowest BCUT2D eigenvalue weighted by Gasteiger charge is -2.31. The van der Waals surface area contributed by atoms with Gasteiger partial charge in [-0.2, -0.15) is 0 Å². The Hall–Kier alpha value is -1.79. The summed E-state index contributed by atoms with van der Waals surface area (Å²) in [5.41, 5.74) is 8.13. The molecule has 0 saturated carbocycles. The molecule has 2 heterocycles. The largest absolute Gasteiger partial charge is 0.508 e. The van der Waals surface area contributed by atoms with Crippen LogP contribution < -0.4 is 10.9 Å². The molecule has 2 saturated heterocycles. The summed E-state index contributed by atoms with van der Waals surface area (Å²) in [6.07, 6.45) is 1.93. The smallest absolute Gasteiger partial charge is 0.242 e. The molecule has 4 rings (SSSR count). The van der Waals surface area contributed by atoms with E-state index in [1.165, 1.54) is 0 Å². The van der Waals surface area contributed by atoms with Gasteiger partial charge in [-0.25, -0.2) is 10.9 Å². The lowest BCUT2D eigenvalue weighted by atomic mass is 9.83. The number of phenolic OH excluding ortho intramolecular Hbond substituents is 1. The second kappa shape index (κ2) is 7.91. The van der Waals surface area contributed by atoms with Crippen LogP contribution in [0.4, 0.5) is 0 Å². The molecular formula is C21H23Cl2N3O2. The maximum Gasteiger partial charge on any atom is 0.242 e. The van der Waals surface area contributed by atoms with E-state index in [-0.39, 0.29) is 35.7 Å². The Kier molecular flexibility index (Phi) is 5.52. The number of para-hydroxylation sites is 1. The van der Waals surface area contributed by atoms with Crippen molar-refractivity contribution in [2.24, 2.45) is 5.92 Å². The number of hydrazine groups is 1. The molecule has 3 N–H and O–H groups in total. The van der Waals surface area contributed by atoms with Crippen LogP contribution >= 0.6 is 23.2 Å². The molecule has 0 radical (unpaired) electrons. The number of carbonyl (C=O) groups excluding carboxylic acids is 1. The van der Waals surface area contributed by atoms with Crippen molar-refractivity contribution < 1.29 is 9.90 Å². The van der Waals surface area contributed by atoms with Crippen LogP contribution in [0, 0.1) is 5.92 Å². The number of unbranched alkanes of at least 4 members (excludes halogenated alkanes) is 1. The number of nitrogens with one attached hydrogen (secondary N) is 2. The summed E-state index contributed by atoms with van der Waals surface area (Å²) in [6, 6.07) is 12.1. The van der Waals surface area contributed by atoms with Crippen LogP contribution in [0.3, 0.4) is 0 Å². The summed E-state index contributed by atoms with van der Waals surface area (Å²) in [5, 5.41) is 11.4. The molecule has 1 amide bonds. The molecular weight excluding hydrogens is 397 g/mol. The Morgan fingerprint density at radius 2 is 1.82 bits per heavy atom. The number of amides is 1. The number of likely N-dealkylation sites (tertiary alicyclic amines) is 1. The van der Waals surface area contributed by atoms with Crippen molar-refractivity contribution in [3.05, 3.63) is 63.6 Å². The van der Waals surface area contributed by atoms with Gasteiger partial charge in [0.2, 0.25) is 5.91 Å². The molecule has 148 valence electrons. The second-order valence-electron chi connectivity index (χ2n) is 7.38. The predicted octanol–water partition coefficient (Wildman–Crippen LogP) is 4.22. The number of benzene rings is 2. The van der Waals surface area contributed by atoms with Gasteiger partial charge in [0.15, 0.2) is 0 Å². The number of carbonyl (C=O) groups is 1. The quantitative estimate of drug-likeness (QED) is 0.678. The molecule has 7 heteroatoms. The topological polar surface area (TPSA) is 64.6 Å². The van der Waals surface area contributed by atoms with Gasteiger partial charge < -0.3 is 10.0 Å². The summed E-state index contributed by atoms with van der Waals surface area (Å²) in [6.45, 7) is 2.79. The van der Waals surface area contributed by atoms with E-state index in [2.05, 4.69) is 17.8 Å². The van der Waals surface area contributed by atoms with E-state index < -0.39 is 0 Å². The molecule has 2 aliphatic rings. The maximum absolute atomic E-state index is 13.2. The predicted molar refractivity (Wildman–Crippen MR) is 110 cm³/mol. The first-order valence-corrected chi connectivity index (χ1v) is 10.3. The third-order valence-electron chi connectivity index (χ3n) is 5.72. The Morgan fingerprint density at radius 3 is 2.54 bits per heavy atom. The number of aromatic hydroxyl groups is 1.